The van der Waals surface area contributed by atoms with Crippen LogP contribution in [0.5, 0.6) is 0 Å². The van der Waals surface area contributed by atoms with Crippen LogP contribution in [0.1, 0.15) is 72.2 Å². The zero-order valence-electron chi connectivity index (χ0n) is 74.5. The van der Waals surface area contributed by atoms with Gasteiger partial charge in [-0.2, -0.15) is 0 Å². The van der Waals surface area contributed by atoms with Gasteiger partial charge in [-0.15, -0.1) is 0 Å². The summed E-state index contributed by atoms with van der Waals surface area (Å²) >= 11 is 0. The lowest BCUT2D eigenvalue weighted by Gasteiger charge is -2.33. The first-order valence-corrected chi connectivity index (χ1v) is 45.7. The molecule has 0 fully saturated rings. The molecule has 0 saturated carbocycles. The third-order valence-electron chi connectivity index (χ3n) is 27.2. The Hall–Kier alpha value is -17.8. The second kappa shape index (κ2) is 32.4. The average Bonchev–Trinajstić information content (AvgIpc) is 1.43. The maximum Gasteiger partial charge on any atom is 0.182 e. The summed E-state index contributed by atoms with van der Waals surface area (Å²) in [4.78, 5) is 53.0. The average molecular weight is 1750 g/mol. The Balaban J connectivity index is 0.000000111. The molecule has 0 spiro atoms. The Morgan fingerprint density at radius 1 is 0.184 bits per heavy atom. The van der Waals surface area contributed by atoms with Gasteiger partial charge in [-0.3, -0.25) is 9.97 Å². The number of aromatic nitrogens is 11. The molecule has 14 heteroatoms. The van der Waals surface area contributed by atoms with E-state index >= 15 is 0 Å². The molecule has 0 atom stereocenters. The van der Waals surface area contributed by atoms with Crippen LogP contribution in [0.4, 0.5) is 0 Å². The van der Waals surface area contributed by atoms with E-state index in [1.165, 1.54) is 77.9 Å². The van der Waals surface area contributed by atoms with Crippen LogP contribution < -0.4 is 0 Å². The van der Waals surface area contributed by atoms with Gasteiger partial charge in [-0.05, 0) is 198 Å². The molecule has 24 aromatic rings. The zero-order valence-corrected chi connectivity index (χ0v) is 74.5. The lowest BCUT2D eigenvalue weighted by Crippen LogP contribution is -2.28. The molecule has 0 bridgehead atoms. The summed E-state index contributed by atoms with van der Waals surface area (Å²) in [5.41, 5.74) is 32.3. The van der Waals surface area contributed by atoms with Gasteiger partial charge in [-0.1, -0.05) is 325 Å². The van der Waals surface area contributed by atoms with Gasteiger partial charge in [0.05, 0.1) is 5.41 Å². The number of rotatable bonds is 12. The van der Waals surface area contributed by atoms with Crippen molar-refractivity contribution >= 4 is 65.8 Å². The largest absolute Gasteiger partial charge is 0.456 e. The van der Waals surface area contributed by atoms with E-state index in [-0.39, 0.29) is 10.8 Å². The van der Waals surface area contributed by atoms with Crippen LogP contribution in [-0.2, 0) is 16.2 Å². The number of benzene rings is 16. The molecule has 0 N–H and O–H groups in total. The van der Waals surface area contributed by atoms with Crippen molar-refractivity contribution in [3.05, 3.63) is 463 Å². The highest BCUT2D eigenvalue weighted by Crippen LogP contribution is 2.59. The number of hydrogen-bond donors (Lipinski definition) is 0. The molecule has 642 valence electrons. The van der Waals surface area contributed by atoms with Gasteiger partial charge >= 0.3 is 0 Å². The van der Waals surface area contributed by atoms with E-state index < -0.39 is 5.41 Å². The lowest BCUT2D eigenvalue weighted by atomic mass is 9.67. The summed E-state index contributed by atoms with van der Waals surface area (Å²) in [5, 5.41) is 6.45. The molecule has 8 heterocycles. The Morgan fingerprint density at radius 3 is 0.926 bits per heavy atom. The predicted molar refractivity (Wildman–Crippen MR) is 544 cm³/mol. The summed E-state index contributed by atoms with van der Waals surface area (Å²) in [5.74, 6) is 5.39. The van der Waals surface area contributed by atoms with Crippen molar-refractivity contribution in [3.8, 4) is 147 Å². The number of pyridine rings is 2. The minimum absolute atomic E-state index is 0.0787. The third kappa shape index (κ3) is 13.6. The SMILES string of the molecule is CC1(C)c2ccccc2-c2cc3oc4ccc(-c5nc(-c6ccccc6)nc(-c6ccccc6)n5)cc4c3cc21.CC1(C)c2ccccc2-c2cc3oc4ccc(-c5nc(-c6ccccn6)nc(-c6ccccn6)n5)cc4c3cc21.c1ccc(-c2nc(-c3ccccc3)nc(-c3cccc(-c4cccc5oc6cc7c(cc6c45)C(c4ccccc4)(c4ccccc4)c4ccccc4-7)c3)n2)cc1. The van der Waals surface area contributed by atoms with E-state index in [2.05, 4.69) is 262 Å². The smallest absolute Gasteiger partial charge is 0.182 e. The highest BCUT2D eigenvalue weighted by molar-refractivity contribution is 6.15. The van der Waals surface area contributed by atoms with E-state index in [0.29, 0.717) is 63.8 Å². The summed E-state index contributed by atoms with van der Waals surface area (Å²) < 4.78 is 19.5. The van der Waals surface area contributed by atoms with E-state index in [9.17, 15) is 0 Å². The fourth-order valence-electron chi connectivity index (χ4n) is 20.6. The molecule has 0 amide bonds. The van der Waals surface area contributed by atoms with Crippen molar-refractivity contribution in [3.63, 3.8) is 0 Å². The minimum Gasteiger partial charge on any atom is -0.456 e. The summed E-state index contributed by atoms with van der Waals surface area (Å²) in [7, 11) is 0. The van der Waals surface area contributed by atoms with Crippen molar-refractivity contribution < 1.29 is 13.3 Å². The summed E-state index contributed by atoms with van der Waals surface area (Å²) in [6, 6.07) is 141. The Labute approximate surface area is 783 Å². The second-order valence-corrected chi connectivity index (χ2v) is 35.9. The standard InChI is InChI=1S/C52H33N3O.C36H25N3O.C34H23N5O/c1-5-17-34(18-6-1)49-53-50(35-19-7-2-8-20-35)55-51(54-49)37-22-15-21-36(31-37)40-28-16-30-46-48(40)43-32-45-42(33-47(43)56-46)41-27-13-14-29-44(41)52(45,38-23-9-3-10-24-38)39-25-11-4-12-26-39;1-36(2)29-16-10-9-15-25(29)26-21-32-28(20-30(26)36)27-19-24(17-18-31(27)40-32)35-38-33(22-11-5-3-6-12-22)37-34(39-35)23-13-7-4-8-14-23;1-34(2)25-10-4-3-9-21(25)22-19-30-24(18-26(22)34)23-17-20(13-14-29(23)40-30)31-37-32(27-11-5-7-15-35-27)39-33(38-31)28-12-6-8-16-36-28/h1-33H;3-21H,1-2H3;3-19H,1-2H3. The van der Waals surface area contributed by atoms with Crippen LogP contribution in [0.15, 0.2) is 432 Å². The minimum atomic E-state index is -0.507. The van der Waals surface area contributed by atoms with Gasteiger partial charge in [0.1, 0.15) is 44.9 Å². The van der Waals surface area contributed by atoms with Crippen molar-refractivity contribution in [1.82, 2.24) is 54.8 Å². The molecule has 0 unspecified atom stereocenters. The van der Waals surface area contributed by atoms with Gasteiger partial charge in [0, 0.05) is 94.5 Å². The molecule has 14 nitrogen and oxygen atoms in total. The maximum atomic E-state index is 6.75. The highest BCUT2D eigenvalue weighted by Gasteiger charge is 2.47. The number of nitrogens with zero attached hydrogens (tertiary/aromatic N) is 11. The number of furan rings is 3. The quantitative estimate of drug-likeness (QED) is 0.113. The topological polar surface area (TPSA) is 181 Å². The van der Waals surface area contributed by atoms with Crippen LogP contribution in [-0.4, -0.2) is 54.8 Å². The first-order chi connectivity index (χ1) is 66.9. The Kier molecular flexibility index (Phi) is 19.1. The maximum absolute atomic E-state index is 6.75. The van der Waals surface area contributed by atoms with Crippen LogP contribution in [0.2, 0.25) is 0 Å². The van der Waals surface area contributed by atoms with Crippen LogP contribution in [0.3, 0.4) is 0 Å². The normalized spacial score (nSPS) is 13.2. The fraction of sp³-hybridized carbons (Fsp3) is 0.0574. The molecule has 0 radical (unpaired) electrons. The first kappa shape index (κ1) is 80.3. The highest BCUT2D eigenvalue weighted by atomic mass is 16.3. The monoisotopic (exact) mass is 1750 g/mol. The molecule has 16 aromatic carbocycles. The molecular formula is C122H81N11O3. The molecule has 3 aliphatic carbocycles. The van der Waals surface area contributed by atoms with Gasteiger partial charge in [0.15, 0.2) is 52.4 Å². The molecule has 27 rings (SSSR count). The van der Waals surface area contributed by atoms with Crippen molar-refractivity contribution in [1.29, 1.82) is 0 Å². The van der Waals surface area contributed by atoms with Crippen LogP contribution in [0, 0.1) is 0 Å². The zero-order chi connectivity index (χ0) is 90.7. The third-order valence-corrected chi connectivity index (χ3v) is 27.2. The van der Waals surface area contributed by atoms with Gasteiger partial charge in [0.2, 0.25) is 0 Å². The Morgan fingerprint density at radius 2 is 0.493 bits per heavy atom. The summed E-state index contributed by atoms with van der Waals surface area (Å²) in [6.07, 6.45) is 3.47. The fourth-order valence-corrected chi connectivity index (χ4v) is 20.6. The molecule has 0 aliphatic heterocycles. The predicted octanol–water partition coefficient (Wildman–Crippen LogP) is 29.7. The Bertz CT molecular complexity index is 8320. The van der Waals surface area contributed by atoms with Gasteiger partial charge < -0.3 is 13.3 Å². The van der Waals surface area contributed by atoms with Crippen LogP contribution in [0.25, 0.3) is 213 Å². The van der Waals surface area contributed by atoms with Crippen molar-refractivity contribution in [2.75, 3.05) is 0 Å². The van der Waals surface area contributed by atoms with Crippen LogP contribution >= 0.6 is 0 Å². The van der Waals surface area contributed by atoms with Crippen molar-refractivity contribution in [2.45, 2.75) is 43.9 Å². The first-order valence-electron chi connectivity index (χ1n) is 45.7. The van der Waals surface area contributed by atoms with E-state index in [1.807, 2.05) is 182 Å². The summed E-state index contributed by atoms with van der Waals surface area (Å²) in [6.45, 7) is 9.19. The molecule has 136 heavy (non-hydrogen) atoms. The molecular weight excluding hydrogens is 1670 g/mol. The molecule has 0 saturated heterocycles. The van der Waals surface area contributed by atoms with E-state index in [0.717, 1.165) is 116 Å². The molecule has 3 aliphatic rings. The van der Waals surface area contributed by atoms with Gasteiger partial charge in [-0.25, -0.2) is 44.9 Å². The van der Waals surface area contributed by atoms with Gasteiger partial charge in [0.25, 0.3) is 0 Å². The number of hydrogen-bond acceptors (Lipinski definition) is 14. The number of fused-ring (bicyclic) bond motifs is 18. The molecule has 8 aromatic heterocycles. The lowest BCUT2D eigenvalue weighted by molar-refractivity contribution is 0.657. The van der Waals surface area contributed by atoms with E-state index in [4.69, 9.17) is 58.1 Å². The van der Waals surface area contributed by atoms with Crippen molar-refractivity contribution in [2.24, 2.45) is 0 Å². The second-order valence-electron chi connectivity index (χ2n) is 35.9. The van der Waals surface area contributed by atoms with E-state index in [1.54, 1.807) is 12.4 Å².